The fraction of sp³-hybridized carbons (Fsp3) is 0.786. The summed E-state index contributed by atoms with van der Waals surface area (Å²) in [5, 5.41) is 32.5. The molecule has 8 heteroatoms. The summed E-state index contributed by atoms with van der Waals surface area (Å²) in [5.41, 5.74) is 5.36. The van der Waals surface area contributed by atoms with Gasteiger partial charge in [0.05, 0.1) is 12.0 Å². The lowest BCUT2D eigenvalue weighted by Crippen LogP contribution is -2.52. The summed E-state index contributed by atoms with van der Waals surface area (Å²) >= 11 is 0. The number of carboxylic acids is 1. The molecule has 126 valence electrons. The van der Waals surface area contributed by atoms with Crippen molar-refractivity contribution in [2.75, 3.05) is 0 Å². The smallest absolute Gasteiger partial charge is 0.309 e. The van der Waals surface area contributed by atoms with E-state index in [1.807, 2.05) is 6.92 Å². The van der Waals surface area contributed by atoms with Crippen LogP contribution in [0.1, 0.15) is 39.5 Å². The Hall–Kier alpha value is -1.83. The van der Waals surface area contributed by atoms with Crippen molar-refractivity contribution in [1.82, 2.24) is 10.6 Å². The number of carbonyl (C=O) groups is 2. The molecular formula is C14H26N4O4. The van der Waals surface area contributed by atoms with E-state index >= 15 is 0 Å². The summed E-state index contributed by atoms with van der Waals surface area (Å²) in [7, 11) is 0. The molecule has 1 aliphatic carbocycles. The van der Waals surface area contributed by atoms with Crippen molar-refractivity contribution in [2.24, 2.45) is 17.6 Å². The number of hydrogen-bond donors (Lipinski definition) is 6. The molecule has 8 nitrogen and oxygen atoms in total. The number of guanidine groups is 1. The van der Waals surface area contributed by atoms with Crippen LogP contribution in [0.4, 0.5) is 0 Å². The molecular weight excluding hydrogens is 288 g/mol. The first-order chi connectivity index (χ1) is 10.3. The monoisotopic (exact) mass is 314 g/mol. The van der Waals surface area contributed by atoms with Crippen LogP contribution in [-0.2, 0) is 9.59 Å². The van der Waals surface area contributed by atoms with Crippen molar-refractivity contribution in [1.29, 1.82) is 5.41 Å². The van der Waals surface area contributed by atoms with Crippen molar-refractivity contribution in [3.05, 3.63) is 0 Å². The highest BCUT2D eigenvalue weighted by molar-refractivity contribution is 5.76. The standard InChI is InChI=1S/C14H26N4O4/c1-3-4-5-9(17-7(2)19)11-10(18-14(15)16)6-8(12(11)20)13(21)22/h8-12,20H,3-6H2,1-2H3,(H,17,19)(H,21,22)(H4,15,16,18). The van der Waals surface area contributed by atoms with Crippen molar-refractivity contribution in [3.8, 4) is 0 Å². The van der Waals surface area contributed by atoms with Crippen LogP contribution in [-0.4, -0.2) is 46.2 Å². The van der Waals surface area contributed by atoms with Crippen LogP contribution in [0.15, 0.2) is 0 Å². The Bertz CT molecular complexity index is 429. The minimum atomic E-state index is -1.09. The first-order valence-electron chi connectivity index (χ1n) is 7.56. The highest BCUT2D eigenvalue weighted by Crippen LogP contribution is 2.35. The largest absolute Gasteiger partial charge is 0.481 e. The zero-order valence-electron chi connectivity index (χ0n) is 13.0. The van der Waals surface area contributed by atoms with Crippen LogP contribution < -0.4 is 16.4 Å². The van der Waals surface area contributed by atoms with Gasteiger partial charge in [-0.25, -0.2) is 0 Å². The number of amides is 1. The fourth-order valence-corrected chi connectivity index (χ4v) is 3.24. The van der Waals surface area contributed by atoms with E-state index in [2.05, 4.69) is 10.6 Å². The van der Waals surface area contributed by atoms with E-state index in [4.69, 9.17) is 11.1 Å². The maximum Gasteiger partial charge on any atom is 0.309 e. The number of nitrogens with one attached hydrogen (secondary N) is 3. The van der Waals surface area contributed by atoms with Gasteiger partial charge in [0.1, 0.15) is 0 Å². The molecule has 0 saturated heterocycles. The van der Waals surface area contributed by atoms with Crippen molar-refractivity contribution >= 4 is 17.8 Å². The zero-order chi connectivity index (χ0) is 16.9. The molecule has 0 radical (unpaired) electrons. The van der Waals surface area contributed by atoms with Crippen molar-refractivity contribution in [3.63, 3.8) is 0 Å². The molecule has 0 aromatic carbocycles. The molecule has 0 aromatic rings. The van der Waals surface area contributed by atoms with Gasteiger partial charge in [-0.1, -0.05) is 19.8 Å². The molecule has 1 saturated carbocycles. The number of aliphatic hydroxyl groups is 1. The van der Waals surface area contributed by atoms with Gasteiger partial charge in [-0.05, 0) is 12.8 Å². The van der Waals surface area contributed by atoms with Gasteiger partial charge in [0.25, 0.3) is 0 Å². The lowest BCUT2D eigenvalue weighted by Gasteiger charge is -2.32. The number of hydrogen-bond acceptors (Lipinski definition) is 4. The highest BCUT2D eigenvalue weighted by atomic mass is 16.4. The lowest BCUT2D eigenvalue weighted by molar-refractivity contribution is -0.145. The van der Waals surface area contributed by atoms with E-state index in [0.29, 0.717) is 6.42 Å². The summed E-state index contributed by atoms with van der Waals surface area (Å²) in [4.78, 5) is 22.7. The zero-order valence-corrected chi connectivity index (χ0v) is 13.0. The quantitative estimate of drug-likeness (QED) is 0.278. The highest BCUT2D eigenvalue weighted by Gasteiger charge is 2.49. The second-order valence-electron chi connectivity index (χ2n) is 5.86. The Balaban J connectivity index is 3.00. The number of aliphatic carboxylic acids is 1. The average molecular weight is 314 g/mol. The maximum absolute atomic E-state index is 11.4. The topological polar surface area (TPSA) is 149 Å². The van der Waals surface area contributed by atoms with Gasteiger partial charge in [-0.2, -0.15) is 0 Å². The number of carboxylic acid groups (broad SMARTS) is 1. The van der Waals surface area contributed by atoms with E-state index < -0.39 is 30.0 Å². The molecule has 7 N–H and O–H groups in total. The molecule has 0 bridgehead atoms. The fourth-order valence-electron chi connectivity index (χ4n) is 3.24. The Morgan fingerprint density at radius 2 is 2.09 bits per heavy atom. The molecule has 1 fully saturated rings. The number of unbranched alkanes of at least 4 members (excludes halogenated alkanes) is 1. The van der Waals surface area contributed by atoms with Crippen molar-refractivity contribution in [2.45, 2.75) is 57.7 Å². The van der Waals surface area contributed by atoms with Gasteiger partial charge in [-0.3, -0.25) is 15.0 Å². The minimum absolute atomic E-state index is 0.170. The molecule has 0 aromatic heterocycles. The molecule has 0 heterocycles. The summed E-state index contributed by atoms with van der Waals surface area (Å²) in [6.07, 6.45) is 1.48. The number of nitrogens with two attached hydrogens (primary N) is 1. The molecule has 0 aliphatic heterocycles. The number of carbonyl (C=O) groups excluding carboxylic acids is 1. The Labute approximate surface area is 130 Å². The summed E-state index contributed by atoms with van der Waals surface area (Å²) in [6.45, 7) is 3.41. The van der Waals surface area contributed by atoms with Crippen LogP contribution in [0, 0.1) is 17.2 Å². The molecule has 1 amide bonds. The molecule has 0 spiro atoms. The third-order valence-electron chi connectivity index (χ3n) is 4.16. The van der Waals surface area contributed by atoms with Gasteiger partial charge in [0, 0.05) is 24.9 Å². The molecule has 5 atom stereocenters. The van der Waals surface area contributed by atoms with Crippen LogP contribution in [0.25, 0.3) is 0 Å². The average Bonchev–Trinajstić information content (AvgIpc) is 2.70. The molecule has 5 unspecified atom stereocenters. The molecule has 1 aliphatic rings. The second-order valence-corrected chi connectivity index (χ2v) is 5.86. The van der Waals surface area contributed by atoms with E-state index in [9.17, 15) is 19.8 Å². The summed E-state index contributed by atoms with van der Waals surface area (Å²) in [5.74, 6) is -3.01. The van der Waals surface area contributed by atoms with Gasteiger partial charge in [0.2, 0.25) is 5.91 Å². The van der Waals surface area contributed by atoms with Gasteiger partial charge >= 0.3 is 5.97 Å². The van der Waals surface area contributed by atoms with E-state index in [0.717, 1.165) is 12.8 Å². The van der Waals surface area contributed by atoms with Crippen LogP contribution in [0.2, 0.25) is 0 Å². The van der Waals surface area contributed by atoms with Crippen LogP contribution >= 0.6 is 0 Å². The third-order valence-corrected chi connectivity index (χ3v) is 4.16. The van der Waals surface area contributed by atoms with Gasteiger partial charge in [0.15, 0.2) is 5.96 Å². The molecule has 22 heavy (non-hydrogen) atoms. The summed E-state index contributed by atoms with van der Waals surface area (Å²) in [6, 6.07) is -0.809. The van der Waals surface area contributed by atoms with E-state index in [-0.39, 0.29) is 24.3 Å². The minimum Gasteiger partial charge on any atom is -0.481 e. The second kappa shape index (κ2) is 7.98. The third kappa shape index (κ3) is 4.59. The first kappa shape index (κ1) is 18.2. The predicted molar refractivity (Wildman–Crippen MR) is 81.2 cm³/mol. The van der Waals surface area contributed by atoms with E-state index in [1.165, 1.54) is 6.92 Å². The Morgan fingerprint density at radius 1 is 1.45 bits per heavy atom. The van der Waals surface area contributed by atoms with Gasteiger partial charge in [-0.15, -0.1) is 0 Å². The SMILES string of the molecule is CCCCC(NC(C)=O)C1C(NC(=N)N)CC(C(=O)O)C1O. The van der Waals surface area contributed by atoms with Crippen LogP contribution in [0.3, 0.4) is 0 Å². The summed E-state index contributed by atoms with van der Waals surface area (Å²) < 4.78 is 0. The number of aliphatic hydroxyl groups excluding tert-OH is 1. The first-order valence-corrected chi connectivity index (χ1v) is 7.56. The van der Waals surface area contributed by atoms with Gasteiger partial charge < -0.3 is 26.6 Å². The van der Waals surface area contributed by atoms with E-state index in [1.54, 1.807) is 0 Å². The number of rotatable bonds is 7. The lowest BCUT2D eigenvalue weighted by atomic mass is 9.88. The maximum atomic E-state index is 11.4. The van der Waals surface area contributed by atoms with Crippen LogP contribution in [0.5, 0.6) is 0 Å². The predicted octanol–water partition coefficient (Wildman–Crippen LogP) is -0.385. The Morgan fingerprint density at radius 3 is 2.55 bits per heavy atom. The molecule has 1 rings (SSSR count). The Kier molecular flexibility index (Phi) is 6.61. The normalized spacial score (nSPS) is 28.9. The van der Waals surface area contributed by atoms with Crippen molar-refractivity contribution < 1.29 is 19.8 Å².